The quantitative estimate of drug-likeness (QED) is 0.589. The Morgan fingerprint density at radius 2 is 1.62 bits per heavy atom. The van der Waals surface area contributed by atoms with Crippen molar-refractivity contribution in [2.75, 3.05) is 31.0 Å². The lowest BCUT2D eigenvalue weighted by Crippen LogP contribution is -2.25. The monoisotopic (exact) mass is 231 g/mol. The fourth-order valence-corrected chi connectivity index (χ4v) is 3.13. The van der Waals surface area contributed by atoms with Gasteiger partial charge in [0.25, 0.3) is 0 Å². The van der Waals surface area contributed by atoms with E-state index < -0.39 is 31.4 Å². The van der Waals surface area contributed by atoms with Crippen molar-refractivity contribution in [1.29, 1.82) is 0 Å². The summed E-state index contributed by atoms with van der Waals surface area (Å²) in [5.74, 6) is -1.17. The van der Waals surface area contributed by atoms with Crippen LogP contribution in [0.4, 0.5) is 0 Å². The number of sulfonamides is 1. The molecule has 0 aromatic heterocycles. The van der Waals surface area contributed by atoms with Crippen LogP contribution in [0.15, 0.2) is 0 Å². The molecule has 0 aliphatic carbocycles. The van der Waals surface area contributed by atoms with Gasteiger partial charge in [-0.15, -0.1) is 0 Å². The van der Waals surface area contributed by atoms with Gasteiger partial charge in [0.2, 0.25) is 10.0 Å². The highest BCUT2D eigenvalue weighted by molar-refractivity contribution is 7.94. The third-order valence-electron chi connectivity index (χ3n) is 1.28. The van der Waals surface area contributed by atoms with E-state index in [9.17, 15) is 16.8 Å². The summed E-state index contributed by atoms with van der Waals surface area (Å²) in [7, 11) is -5.69. The zero-order chi connectivity index (χ0) is 10.5. The molecule has 0 aliphatic heterocycles. The molecule has 2 N–H and O–H groups in total. The van der Waals surface area contributed by atoms with E-state index in [-0.39, 0.29) is 12.4 Å². The van der Waals surface area contributed by atoms with Crippen molar-refractivity contribution >= 4 is 19.9 Å². The summed E-state index contributed by atoms with van der Waals surface area (Å²) < 4.78 is 47.5. The first-order chi connectivity index (χ1) is 5.77. The first-order valence-electron chi connectivity index (χ1n) is 3.47. The van der Waals surface area contributed by atoms with Crippen LogP contribution in [0.25, 0.3) is 0 Å². The molecule has 0 atom stereocenters. The van der Waals surface area contributed by atoms with Gasteiger partial charge < -0.3 is 4.74 Å². The Morgan fingerprint density at radius 1 is 1.08 bits per heavy atom. The Hall–Kier alpha value is -0.180. The molecular formula is C5H13NO5S2. The molecule has 0 aromatic carbocycles. The molecule has 0 heterocycles. The maximum Gasteiger partial charge on any atom is 0.210 e. The minimum absolute atomic E-state index is 0.0625. The van der Waals surface area contributed by atoms with E-state index in [0.717, 1.165) is 0 Å². The van der Waals surface area contributed by atoms with Crippen molar-refractivity contribution in [3.63, 3.8) is 0 Å². The molecule has 0 radical (unpaired) electrons. The van der Waals surface area contributed by atoms with E-state index >= 15 is 0 Å². The van der Waals surface area contributed by atoms with Crippen LogP contribution in [0.1, 0.15) is 0 Å². The summed E-state index contributed by atoms with van der Waals surface area (Å²) in [5, 5.41) is 4.65. The molecule has 0 rings (SSSR count). The lowest BCUT2D eigenvalue weighted by molar-refractivity contribution is 0.217. The SMILES string of the molecule is COCCS(=O)(=O)CCS(N)(=O)=O. The minimum atomic E-state index is -3.70. The molecule has 0 saturated carbocycles. The molecule has 13 heavy (non-hydrogen) atoms. The van der Waals surface area contributed by atoms with Gasteiger partial charge in [-0.05, 0) is 0 Å². The highest BCUT2D eigenvalue weighted by Gasteiger charge is 2.14. The standard InChI is InChI=1S/C5H13NO5S2/c1-11-2-3-12(7,8)4-5-13(6,9)10/h2-5H2,1H3,(H2,6,9,10). The highest BCUT2D eigenvalue weighted by Crippen LogP contribution is 1.92. The summed E-state index contributed by atoms with van der Waals surface area (Å²) in [6.45, 7) is 0.0625. The summed E-state index contributed by atoms with van der Waals surface area (Å²) in [5.41, 5.74) is 0. The fraction of sp³-hybridized carbons (Fsp3) is 1.00. The first-order valence-corrected chi connectivity index (χ1v) is 7.00. The second kappa shape index (κ2) is 4.89. The van der Waals surface area contributed by atoms with Gasteiger partial charge in [-0.1, -0.05) is 0 Å². The Labute approximate surface area is 78.0 Å². The van der Waals surface area contributed by atoms with Gasteiger partial charge in [-0.3, -0.25) is 0 Å². The number of sulfone groups is 1. The van der Waals surface area contributed by atoms with Gasteiger partial charge in [0, 0.05) is 7.11 Å². The largest absolute Gasteiger partial charge is 0.384 e. The number of ether oxygens (including phenoxy) is 1. The smallest absolute Gasteiger partial charge is 0.210 e. The molecule has 0 fully saturated rings. The molecule has 6 nitrogen and oxygen atoms in total. The molecule has 80 valence electrons. The molecule has 0 spiro atoms. The Balaban J connectivity index is 4.05. The van der Waals surface area contributed by atoms with Crippen LogP contribution in [-0.2, 0) is 24.6 Å². The van der Waals surface area contributed by atoms with Gasteiger partial charge in [-0.25, -0.2) is 22.0 Å². The zero-order valence-electron chi connectivity index (χ0n) is 7.26. The van der Waals surface area contributed by atoms with E-state index in [1.165, 1.54) is 7.11 Å². The number of rotatable bonds is 6. The van der Waals surface area contributed by atoms with Gasteiger partial charge in [0.05, 0.1) is 23.9 Å². The third kappa shape index (κ3) is 8.16. The van der Waals surface area contributed by atoms with Crippen LogP contribution in [0, 0.1) is 0 Å². The van der Waals surface area contributed by atoms with Crippen molar-refractivity contribution in [3.05, 3.63) is 0 Å². The van der Waals surface area contributed by atoms with Crippen LogP contribution in [0.3, 0.4) is 0 Å². The minimum Gasteiger partial charge on any atom is -0.384 e. The Bertz CT molecular complexity index is 330. The van der Waals surface area contributed by atoms with Gasteiger partial charge in [-0.2, -0.15) is 0 Å². The van der Waals surface area contributed by atoms with E-state index in [0.29, 0.717) is 0 Å². The second-order valence-corrected chi connectivity index (χ2v) is 6.55. The van der Waals surface area contributed by atoms with Crippen LogP contribution >= 0.6 is 0 Å². The number of nitrogens with two attached hydrogens (primary N) is 1. The van der Waals surface area contributed by atoms with Crippen molar-refractivity contribution in [2.24, 2.45) is 5.14 Å². The van der Waals surface area contributed by atoms with Crippen molar-refractivity contribution < 1.29 is 21.6 Å². The fourth-order valence-electron chi connectivity index (χ4n) is 0.555. The average Bonchev–Trinajstić information content (AvgIpc) is 1.97. The Kier molecular flexibility index (Phi) is 4.82. The second-order valence-electron chi connectivity index (χ2n) is 2.51. The van der Waals surface area contributed by atoms with E-state index in [1.54, 1.807) is 0 Å². The van der Waals surface area contributed by atoms with Gasteiger partial charge >= 0.3 is 0 Å². The predicted octanol–water partition coefficient (Wildman–Crippen LogP) is -1.66. The number of primary sulfonamides is 1. The highest BCUT2D eigenvalue weighted by atomic mass is 32.2. The van der Waals surface area contributed by atoms with E-state index in [4.69, 9.17) is 0 Å². The van der Waals surface area contributed by atoms with Crippen molar-refractivity contribution in [2.45, 2.75) is 0 Å². The molecular weight excluding hydrogens is 218 g/mol. The molecule has 0 aliphatic rings. The van der Waals surface area contributed by atoms with E-state index in [1.807, 2.05) is 0 Å². The molecule has 8 heteroatoms. The van der Waals surface area contributed by atoms with Crippen LogP contribution in [-0.4, -0.2) is 47.8 Å². The van der Waals surface area contributed by atoms with E-state index in [2.05, 4.69) is 9.88 Å². The molecule has 0 bridgehead atoms. The number of methoxy groups -OCH3 is 1. The maximum atomic E-state index is 11.0. The van der Waals surface area contributed by atoms with Gasteiger partial charge in [0.15, 0.2) is 9.84 Å². The maximum absolute atomic E-state index is 11.0. The molecule has 0 saturated heterocycles. The summed E-state index contributed by atoms with van der Waals surface area (Å²) in [4.78, 5) is 0. The van der Waals surface area contributed by atoms with Crippen LogP contribution in [0.2, 0.25) is 0 Å². The number of hydrogen-bond donors (Lipinski definition) is 1. The molecule has 0 amide bonds. The van der Waals surface area contributed by atoms with Crippen LogP contribution in [0.5, 0.6) is 0 Å². The van der Waals surface area contributed by atoms with Crippen LogP contribution < -0.4 is 5.14 Å². The predicted molar refractivity (Wildman–Crippen MR) is 48.5 cm³/mol. The number of hydrogen-bond acceptors (Lipinski definition) is 5. The molecule has 0 aromatic rings. The summed E-state index contributed by atoms with van der Waals surface area (Å²) in [6.07, 6.45) is 0. The van der Waals surface area contributed by atoms with Crippen molar-refractivity contribution in [3.8, 4) is 0 Å². The van der Waals surface area contributed by atoms with Gasteiger partial charge in [0.1, 0.15) is 0 Å². The topological polar surface area (TPSA) is 104 Å². The lowest BCUT2D eigenvalue weighted by atomic mass is 10.9. The normalized spacial score (nSPS) is 13.1. The summed E-state index contributed by atoms with van der Waals surface area (Å²) >= 11 is 0. The summed E-state index contributed by atoms with van der Waals surface area (Å²) in [6, 6.07) is 0. The third-order valence-corrected chi connectivity index (χ3v) is 3.92. The first kappa shape index (κ1) is 12.8. The van der Waals surface area contributed by atoms with Crippen molar-refractivity contribution in [1.82, 2.24) is 0 Å². The molecule has 0 unspecified atom stereocenters. The zero-order valence-corrected chi connectivity index (χ0v) is 8.90. The lowest BCUT2D eigenvalue weighted by Gasteiger charge is -2.01. The average molecular weight is 231 g/mol. The Morgan fingerprint density at radius 3 is 2.00 bits per heavy atom.